The van der Waals surface area contributed by atoms with Gasteiger partial charge in [0.25, 0.3) is 0 Å². The summed E-state index contributed by atoms with van der Waals surface area (Å²) in [5, 5.41) is 5.36. The van der Waals surface area contributed by atoms with Crippen molar-refractivity contribution in [2.45, 2.75) is 25.8 Å². The molecule has 2 heterocycles. The van der Waals surface area contributed by atoms with E-state index in [1.54, 1.807) is 0 Å². The molecule has 90 valence electrons. The summed E-state index contributed by atoms with van der Waals surface area (Å²) in [4.78, 5) is 2.56. The lowest BCUT2D eigenvalue weighted by Gasteiger charge is -2.32. The van der Waals surface area contributed by atoms with E-state index in [-0.39, 0.29) is 0 Å². The van der Waals surface area contributed by atoms with E-state index in [4.69, 9.17) is 0 Å². The van der Waals surface area contributed by atoms with Crippen LogP contribution in [0.2, 0.25) is 0 Å². The first kappa shape index (κ1) is 12.1. The lowest BCUT2D eigenvalue weighted by atomic mass is 9.95. The van der Waals surface area contributed by atoms with Crippen LogP contribution in [0.25, 0.3) is 0 Å². The Kier molecular flexibility index (Phi) is 4.41. The largest absolute Gasteiger partial charge is 0.299 e. The van der Waals surface area contributed by atoms with Crippen molar-refractivity contribution in [2.24, 2.45) is 13.0 Å². The maximum atomic E-state index is 4.22. The van der Waals surface area contributed by atoms with Gasteiger partial charge in [-0.05, 0) is 31.7 Å². The maximum Gasteiger partial charge on any atom is 0.0534 e. The van der Waals surface area contributed by atoms with Gasteiger partial charge in [-0.15, -0.1) is 0 Å². The number of rotatable bonds is 4. The smallest absolute Gasteiger partial charge is 0.0534 e. The molecule has 0 saturated carbocycles. The molecule has 0 radical (unpaired) electrons. The second-order valence-corrected chi connectivity index (χ2v) is 5.54. The molecular formula is C12H20BrN3. The number of aryl methyl sites for hydroxylation is 1. The first-order chi connectivity index (χ1) is 7.78. The van der Waals surface area contributed by atoms with Gasteiger partial charge in [-0.2, -0.15) is 5.10 Å². The molecule has 1 saturated heterocycles. The van der Waals surface area contributed by atoms with E-state index in [9.17, 15) is 0 Å². The average molecular weight is 286 g/mol. The van der Waals surface area contributed by atoms with Gasteiger partial charge in [0.05, 0.1) is 6.20 Å². The van der Waals surface area contributed by atoms with Crippen LogP contribution in [0.15, 0.2) is 12.4 Å². The fourth-order valence-electron chi connectivity index (χ4n) is 2.50. The van der Waals surface area contributed by atoms with Crippen LogP contribution in [0, 0.1) is 5.92 Å². The Balaban J connectivity index is 1.85. The summed E-state index contributed by atoms with van der Waals surface area (Å²) in [6, 6.07) is 0. The van der Waals surface area contributed by atoms with Crippen LogP contribution in [0.5, 0.6) is 0 Å². The first-order valence-electron chi connectivity index (χ1n) is 6.04. The molecule has 16 heavy (non-hydrogen) atoms. The Labute approximate surface area is 106 Å². The highest BCUT2D eigenvalue weighted by Crippen LogP contribution is 2.21. The van der Waals surface area contributed by atoms with Crippen LogP contribution >= 0.6 is 15.9 Å². The molecule has 0 bridgehead atoms. The molecule has 1 aromatic heterocycles. The molecule has 1 atom stereocenters. The zero-order valence-electron chi connectivity index (χ0n) is 9.90. The van der Waals surface area contributed by atoms with Crippen molar-refractivity contribution in [3.63, 3.8) is 0 Å². The molecular weight excluding hydrogens is 266 g/mol. The summed E-state index contributed by atoms with van der Waals surface area (Å²) < 4.78 is 1.88. The summed E-state index contributed by atoms with van der Waals surface area (Å²) in [7, 11) is 1.98. The molecule has 0 aliphatic carbocycles. The number of hydrogen-bond donors (Lipinski definition) is 0. The van der Waals surface area contributed by atoms with Crippen LogP contribution in [0.4, 0.5) is 0 Å². The zero-order chi connectivity index (χ0) is 11.4. The van der Waals surface area contributed by atoms with Crippen molar-refractivity contribution >= 4 is 15.9 Å². The van der Waals surface area contributed by atoms with Gasteiger partial charge >= 0.3 is 0 Å². The molecule has 2 rings (SSSR count). The third kappa shape index (κ3) is 3.32. The van der Waals surface area contributed by atoms with Crippen molar-refractivity contribution in [3.05, 3.63) is 18.0 Å². The standard InChI is InChI=1S/C12H20BrN3/c1-15-8-12(7-14-15)10-16-6-2-3-11(9-16)4-5-13/h7-8,11H,2-6,9-10H2,1H3. The molecule has 1 unspecified atom stereocenters. The highest BCUT2D eigenvalue weighted by molar-refractivity contribution is 9.09. The molecule has 1 aromatic rings. The second kappa shape index (κ2) is 5.82. The predicted octanol–water partition coefficient (Wildman–Crippen LogP) is 2.42. The minimum atomic E-state index is 0.879. The predicted molar refractivity (Wildman–Crippen MR) is 69.6 cm³/mol. The topological polar surface area (TPSA) is 21.1 Å². The number of halogens is 1. The van der Waals surface area contributed by atoms with Crippen molar-refractivity contribution < 1.29 is 0 Å². The van der Waals surface area contributed by atoms with E-state index in [0.29, 0.717) is 0 Å². The van der Waals surface area contributed by atoms with Crippen molar-refractivity contribution in [2.75, 3.05) is 18.4 Å². The average Bonchev–Trinajstić information content (AvgIpc) is 2.65. The van der Waals surface area contributed by atoms with Gasteiger partial charge in [0.15, 0.2) is 0 Å². The van der Waals surface area contributed by atoms with Crippen LogP contribution in [0.3, 0.4) is 0 Å². The minimum Gasteiger partial charge on any atom is -0.299 e. The first-order valence-corrected chi connectivity index (χ1v) is 7.16. The van der Waals surface area contributed by atoms with Gasteiger partial charge in [-0.3, -0.25) is 9.58 Å². The molecule has 0 N–H and O–H groups in total. The Hall–Kier alpha value is -0.350. The SMILES string of the molecule is Cn1cc(CN2CCCC(CCBr)C2)cn1. The van der Waals surface area contributed by atoms with E-state index in [1.165, 1.54) is 37.9 Å². The molecule has 0 aromatic carbocycles. The molecule has 0 spiro atoms. The van der Waals surface area contributed by atoms with Crippen LogP contribution in [-0.4, -0.2) is 33.1 Å². The van der Waals surface area contributed by atoms with Crippen LogP contribution in [-0.2, 0) is 13.6 Å². The van der Waals surface area contributed by atoms with Gasteiger partial charge in [0.2, 0.25) is 0 Å². The Morgan fingerprint density at radius 3 is 3.12 bits per heavy atom. The third-order valence-electron chi connectivity index (χ3n) is 3.29. The quantitative estimate of drug-likeness (QED) is 0.793. The van der Waals surface area contributed by atoms with Crippen molar-refractivity contribution in [3.8, 4) is 0 Å². The summed E-state index contributed by atoms with van der Waals surface area (Å²) >= 11 is 3.54. The van der Waals surface area contributed by atoms with Gasteiger partial charge < -0.3 is 0 Å². The van der Waals surface area contributed by atoms with E-state index < -0.39 is 0 Å². The maximum absolute atomic E-state index is 4.22. The zero-order valence-corrected chi connectivity index (χ0v) is 11.5. The number of likely N-dealkylation sites (tertiary alicyclic amines) is 1. The minimum absolute atomic E-state index is 0.879. The normalized spacial score (nSPS) is 22.5. The Morgan fingerprint density at radius 2 is 2.44 bits per heavy atom. The molecule has 1 aliphatic rings. The van der Waals surface area contributed by atoms with Crippen LogP contribution in [0.1, 0.15) is 24.8 Å². The van der Waals surface area contributed by atoms with Crippen molar-refractivity contribution in [1.82, 2.24) is 14.7 Å². The fraction of sp³-hybridized carbons (Fsp3) is 0.750. The van der Waals surface area contributed by atoms with Gasteiger partial charge in [0.1, 0.15) is 0 Å². The lowest BCUT2D eigenvalue weighted by molar-refractivity contribution is 0.165. The van der Waals surface area contributed by atoms with E-state index in [2.05, 4.69) is 32.1 Å². The monoisotopic (exact) mass is 285 g/mol. The summed E-state index contributed by atoms with van der Waals surface area (Å²) in [5.74, 6) is 0.879. The third-order valence-corrected chi connectivity index (χ3v) is 3.74. The second-order valence-electron chi connectivity index (χ2n) is 4.74. The van der Waals surface area contributed by atoms with E-state index in [1.807, 2.05) is 17.9 Å². The van der Waals surface area contributed by atoms with E-state index >= 15 is 0 Å². The van der Waals surface area contributed by atoms with Crippen molar-refractivity contribution in [1.29, 1.82) is 0 Å². The lowest BCUT2D eigenvalue weighted by Crippen LogP contribution is -2.34. The van der Waals surface area contributed by atoms with E-state index in [0.717, 1.165) is 17.8 Å². The summed E-state index contributed by atoms with van der Waals surface area (Å²) in [5.41, 5.74) is 1.34. The van der Waals surface area contributed by atoms with Gasteiger partial charge in [0, 0.05) is 37.2 Å². The molecule has 1 aliphatic heterocycles. The number of hydrogen-bond acceptors (Lipinski definition) is 2. The number of alkyl halides is 1. The van der Waals surface area contributed by atoms with Gasteiger partial charge in [-0.25, -0.2) is 0 Å². The number of nitrogens with zero attached hydrogens (tertiary/aromatic N) is 3. The number of piperidine rings is 1. The fourth-order valence-corrected chi connectivity index (χ4v) is 3.14. The molecule has 0 amide bonds. The molecule has 1 fully saturated rings. The number of aromatic nitrogens is 2. The Bertz CT molecular complexity index is 322. The summed E-state index contributed by atoms with van der Waals surface area (Å²) in [6.45, 7) is 3.56. The van der Waals surface area contributed by atoms with Gasteiger partial charge in [-0.1, -0.05) is 15.9 Å². The highest BCUT2D eigenvalue weighted by atomic mass is 79.9. The molecule has 3 nitrogen and oxygen atoms in total. The summed E-state index contributed by atoms with van der Waals surface area (Å²) in [6.07, 6.45) is 8.15. The highest BCUT2D eigenvalue weighted by Gasteiger charge is 2.19. The Morgan fingerprint density at radius 1 is 1.56 bits per heavy atom. The molecule has 4 heteroatoms. The van der Waals surface area contributed by atoms with Crippen LogP contribution < -0.4 is 0 Å².